The molecule has 0 unspecified atom stereocenters. The highest BCUT2D eigenvalue weighted by molar-refractivity contribution is 5.87. The van der Waals surface area contributed by atoms with Crippen LogP contribution >= 0.6 is 0 Å². The zero-order valence-corrected chi connectivity index (χ0v) is 19.8. The molecule has 4 aromatic rings. The van der Waals surface area contributed by atoms with Gasteiger partial charge in [0.15, 0.2) is 17.0 Å². The van der Waals surface area contributed by atoms with E-state index in [1.54, 1.807) is 0 Å². The number of rotatable bonds is 7. The van der Waals surface area contributed by atoms with Gasteiger partial charge in [0.1, 0.15) is 0 Å². The molecule has 0 spiro atoms. The zero-order valence-electron chi connectivity index (χ0n) is 19.8. The Bertz CT molecular complexity index is 1320. The van der Waals surface area contributed by atoms with Gasteiger partial charge in [-0.3, -0.25) is 10.1 Å². The fourth-order valence-corrected chi connectivity index (χ4v) is 4.80. The van der Waals surface area contributed by atoms with Crippen LogP contribution in [0.15, 0.2) is 54.9 Å². The number of nitrogens with one attached hydrogen (secondary N) is 1. The quantitative estimate of drug-likeness (QED) is 0.388. The normalized spacial score (nSPS) is 14.9. The molecular weight excluding hydrogens is 422 g/mol. The molecule has 0 fully saturated rings. The third kappa shape index (κ3) is 4.31. The van der Waals surface area contributed by atoms with Crippen LogP contribution in [0.25, 0.3) is 16.7 Å². The molecule has 0 saturated heterocycles. The summed E-state index contributed by atoms with van der Waals surface area (Å²) in [6.45, 7) is 5.15. The fraction of sp³-hybridized carbons (Fsp3) is 0.333. The van der Waals surface area contributed by atoms with Crippen molar-refractivity contribution in [3.05, 3.63) is 77.4 Å². The molecule has 7 nitrogen and oxygen atoms in total. The molecule has 1 atom stereocenters. The van der Waals surface area contributed by atoms with Crippen LogP contribution in [-0.2, 0) is 6.42 Å². The summed E-state index contributed by atoms with van der Waals surface area (Å²) in [7, 11) is 0. The molecule has 3 aromatic heterocycles. The van der Waals surface area contributed by atoms with Crippen LogP contribution in [0.2, 0.25) is 0 Å². The van der Waals surface area contributed by atoms with E-state index in [1.807, 2.05) is 18.5 Å². The molecule has 4 heterocycles. The van der Waals surface area contributed by atoms with Gasteiger partial charge in [-0.25, -0.2) is 9.97 Å². The molecule has 0 bridgehead atoms. The molecule has 1 aromatic carbocycles. The first-order chi connectivity index (χ1) is 16.7. The van der Waals surface area contributed by atoms with E-state index in [0.717, 1.165) is 67.1 Å². The maximum Gasteiger partial charge on any atom is 0.183 e. The number of aromatic amines is 1. The average molecular weight is 454 g/mol. The summed E-state index contributed by atoms with van der Waals surface area (Å²) in [5.41, 5.74) is 14.7. The molecule has 0 saturated carbocycles. The van der Waals surface area contributed by atoms with Crippen LogP contribution < -0.4 is 10.6 Å². The first-order valence-corrected chi connectivity index (χ1v) is 12.1. The number of aryl methyl sites for hydroxylation is 2. The second kappa shape index (κ2) is 9.73. The maximum atomic E-state index is 6.54. The minimum atomic E-state index is -0.00955. The van der Waals surface area contributed by atoms with Gasteiger partial charge in [0, 0.05) is 18.8 Å². The van der Waals surface area contributed by atoms with Crippen LogP contribution in [0.4, 0.5) is 11.5 Å². The van der Waals surface area contributed by atoms with E-state index in [0.29, 0.717) is 5.65 Å². The summed E-state index contributed by atoms with van der Waals surface area (Å²) in [6.07, 6.45) is 10.6. The second-order valence-electron chi connectivity index (χ2n) is 8.86. The van der Waals surface area contributed by atoms with Gasteiger partial charge < -0.3 is 10.6 Å². The number of pyridine rings is 1. The van der Waals surface area contributed by atoms with Crippen molar-refractivity contribution in [1.82, 2.24) is 25.1 Å². The Morgan fingerprint density at radius 1 is 1.21 bits per heavy atom. The van der Waals surface area contributed by atoms with Gasteiger partial charge in [-0.15, -0.1) is 0 Å². The zero-order chi connectivity index (χ0) is 23.5. The molecule has 5 rings (SSSR count). The smallest absolute Gasteiger partial charge is 0.183 e. The first kappa shape index (κ1) is 22.2. The molecule has 3 N–H and O–H groups in total. The Morgan fingerprint density at radius 3 is 2.94 bits per heavy atom. The molecule has 0 radical (unpaired) electrons. The largest absolute Gasteiger partial charge is 0.324 e. The van der Waals surface area contributed by atoms with Gasteiger partial charge >= 0.3 is 0 Å². The van der Waals surface area contributed by atoms with Crippen LogP contribution in [0, 0.1) is 6.92 Å². The maximum absolute atomic E-state index is 6.54. The molecule has 0 aliphatic carbocycles. The number of benzene rings is 1. The molecule has 34 heavy (non-hydrogen) atoms. The number of nitrogens with zero attached hydrogens (tertiary/aromatic N) is 5. The van der Waals surface area contributed by atoms with E-state index in [-0.39, 0.29) is 6.04 Å². The highest BCUT2D eigenvalue weighted by Crippen LogP contribution is 2.34. The SMILES string of the molecule is CC/C=C(\CC[C@@H](N)c1ccccc1C)c1cnc2c(N3CCCc4ncccc43)n[nH]c2n1. The van der Waals surface area contributed by atoms with Crippen LogP contribution in [0.5, 0.6) is 0 Å². The third-order valence-electron chi connectivity index (χ3n) is 6.55. The van der Waals surface area contributed by atoms with Gasteiger partial charge in [0.05, 0.1) is 23.3 Å². The molecule has 1 aliphatic rings. The lowest BCUT2D eigenvalue weighted by molar-refractivity contribution is 0.661. The lowest BCUT2D eigenvalue weighted by atomic mass is 9.95. The Kier molecular flexibility index (Phi) is 6.36. The van der Waals surface area contributed by atoms with Crippen LogP contribution in [-0.4, -0.2) is 31.7 Å². The van der Waals surface area contributed by atoms with Gasteiger partial charge in [-0.1, -0.05) is 37.3 Å². The number of hydrogen-bond acceptors (Lipinski definition) is 6. The van der Waals surface area contributed by atoms with Crippen molar-refractivity contribution in [3.63, 3.8) is 0 Å². The number of nitrogens with two attached hydrogens (primary N) is 1. The van der Waals surface area contributed by atoms with Crippen molar-refractivity contribution in [2.75, 3.05) is 11.4 Å². The molecule has 0 amide bonds. The number of H-pyrrole nitrogens is 1. The minimum absolute atomic E-state index is 0.00955. The number of allylic oxidation sites excluding steroid dienone is 2. The number of hydrogen-bond donors (Lipinski definition) is 2. The average Bonchev–Trinajstić information content (AvgIpc) is 3.29. The van der Waals surface area contributed by atoms with E-state index in [9.17, 15) is 0 Å². The molecule has 7 heteroatoms. The predicted molar refractivity (Wildman–Crippen MR) is 137 cm³/mol. The third-order valence-corrected chi connectivity index (χ3v) is 6.55. The summed E-state index contributed by atoms with van der Waals surface area (Å²) in [5.74, 6) is 0.811. The summed E-state index contributed by atoms with van der Waals surface area (Å²) in [4.78, 5) is 16.4. The monoisotopic (exact) mass is 453 g/mol. The lowest BCUT2D eigenvalue weighted by Gasteiger charge is -2.28. The highest BCUT2D eigenvalue weighted by atomic mass is 15.3. The first-order valence-electron chi connectivity index (χ1n) is 12.1. The molecular formula is C27H31N7. The topological polar surface area (TPSA) is 96.6 Å². The van der Waals surface area contributed by atoms with E-state index >= 15 is 0 Å². The van der Waals surface area contributed by atoms with Gasteiger partial charge in [-0.05, 0) is 67.9 Å². The summed E-state index contributed by atoms with van der Waals surface area (Å²) in [6, 6.07) is 12.4. The van der Waals surface area contributed by atoms with E-state index in [4.69, 9.17) is 15.7 Å². The fourth-order valence-electron chi connectivity index (χ4n) is 4.80. The summed E-state index contributed by atoms with van der Waals surface area (Å²) < 4.78 is 0. The van der Waals surface area contributed by atoms with Crippen molar-refractivity contribution in [1.29, 1.82) is 0 Å². The number of fused-ring (bicyclic) bond motifs is 2. The Morgan fingerprint density at radius 2 is 2.09 bits per heavy atom. The van der Waals surface area contributed by atoms with Crippen molar-refractivity contribution < 1.29 is 0 Å². The van der Waals surface area contributed by atoms with Crippen molar-refractivity contribution in [3.8, 4) is 0 Å². The number of aromatic nitrogens is 5. The Balaban J connectivity index is 1.39. The van der Waals surface area contributed by atoms with Crippen molar-refractivity contribution >= 4 is 28.2 Å². The van der Waals surface area contributed by atoms with Crippen LogP contribution in [0.1, 0.15) is 61.2 Å². The lowest BCUT2D eigenvalue weighted by Crippen LogP contribution is -2.25. The van der Waals surface area contributed by atoms with Crippen molar-refractivity contribution in [2.45, 2.75) is 52.0 Å². The Hall–Kier alpha value is -3.58. The van der Waals surface area contributed by atoms with Gasteiger partial charge in [-0.2, -0.15) is 5.10 Å². The standard InChI is InChI=1S/C27H31N7/c1-3-8-19(13-14-21(28)20-10-5-4-9-18(20)2)23-17-30-25-26(31-23)32-33-27(25)34-16-7-11-22-24(34)12-6-15-29-22/h4-6,8-10,12,15,17,21H,3,7,11,13-14,16,28H2,1-2H3,(H,31,32,33)/b19-8+/t21-/m1/s1. The molecule has 174 valence electrons. The second-order valence-corrected chi connectivity index (χ2v) is 8.86. The van der Waals surface area contributed by atoms with Crippen molar-refractivity contribution in [2.24, 2.45) is 5.73 Å². The predicted octanol–water partition coefficient (Wildman–Crippen LogP) is 5.41. The summed E-state index contributed by atoms with van der Waals surface area (Å²) >= 11 is 0. The summed E-state index contributed by atoms with van der Waals surface area (Å²) in [5, 5.41) is 7.71. The Labute approximate surface area is 200 Å². The van der Waals surface area contributed by atoms with Gasteiger partial charge in [0.2, 0.25) is 0 Å². The van der Waals surface area contributed by atoms with Gasteiger partial charge in [0.25, 0.3) is 0 Å². The van der Waals surface area contributed by atoms with E-state index < -0.39 is 0 Å². The number of anilines is 2. The van der Waals surface area contributed by atoms with Crippen LogP contribution in [0.3, 0.4) is 0 Å². The molecule has 1 aliphatic heterocycles. The van der Waals surface area contributed by atoms with E-state index in [1.165, 1.54) is 16.7 Å². The van der Waals surface area contributed by atoms with E-state index in [2.05, 4.69) is 70.3 Å². The minimum Gasteiger partial charge on any atom is -0.324 e. The highest BCUT2D eigenvalue weighted by Gasteiger charge is 2.24.